The molecule has 0 amide bonds. The van der Waals surface area contributed by atoms with Crippen LogP contribution in [0.2, 0.25) is 0 Å². The molecule has 12 heteroatoms. The fourth-order valence-corrected chi connectivity index (χ4v) is 4.02. The van der Waals surface area contributed by atoms with Crippen LogP contribution >= 0.6 is 0 Å². The number of hydrogen-bond donors (Lipinski definition) is 3. The van der Waals surface area contributed by atoms with Gasteiger partial charge in [-0.2, -0.15) is 5.10 Å². The zero-order chi connectivity index (χ0) is 24.0. The Morgan fingerprint density at radius 1 is 1.06 bits per heavy atom. The summed E-state index contributed by atoms with van der Waals surface area (Å²) in [7, 11) is -1.36. The summed E-state index contributed by atoms with van der Waals surface area (Å²) in [5.41, 5.74) is 2.68. The van der Waals surface area contributed by atoms with Crippen molar-refractivity contribution in [3.63, 3.8) is 0 Å². The number of nitrogens with one attached hydrogen (secondary N) is 2. The van der Waals surface area contributed by atoms with Crippen LogP contribution < -0.4 is 19.6 Å². The third-order valence-electron chi connectivity index (χ3n) is 4.45. The van der Waals surface area contributed by atoms with Crippen molar-refractivity contribution in [2.75, 3.05) is 24.4 Å². The summed E-state index contributed by atoms with van der Waals surface area (Å²) in [6.45, 7) is 0. The molecule has 0 heterocycles. The lowest BCUT2D eigenvalue weighted by molar-refractivity contribution is -0.385. The van der Waals surface area contributed by atoms with Crippen LogP contribution in [0.25, 0.3) is 0 Å². The third-order valence-corrected chi connectivity index (χ3v) is 5.87. The molecule has 0 bridgehead atoms. The Hall–Kier alpha value is -4.32. The minimum absolute atomic E-state index is 0.0137. The molecule has 0 aliphatic carbocycles. The summed E-state index contributed by atoms with van der Waals surface area (Å²) in [5.74, 6) is 0.621. The van der Waals surface area contributed by atoms with E-state index in [1.54, 1.807) is 30.3 Å². The van der Waals surface area contributed by atoms with Gasteiger partial charge in [-0.3, -0.25) is 20.3 Å². The monoisotopic (exact) mass is 472 g/mol. The molecule has 0 aliphatic rings. The van der Waals surface area contributed by atoms with Gasteiger partial charge in [0, 0.05) is 23.4 Å². The van der Waals surface area contributed by atoms with Gasteiger partial charge in [0.05, 0.1) is 31.0 Å². The van der Waals surface area contributed by atoms with Crippen molar-refractivity contribution in [1.82, 2.24) is 0 Å². The lowest BCUT2D eigenvalue weighted by Gasteiger charge is -2.12. The van der Waals surface area contributed by atoms with Gasteiger partial charge in [0.15, 0.2) is 11.5 Å². The van der Waals surface area contributed by atoms with Gasteiger partial charge < -0.3 is 14.6 Å². The Morgan fingerprint density at radius 2 is 1.79 bits per heavy atom. The van der Waals surface area contributed by atoms with E-state index >= 15 is 0 Å². The zero-order valence-corrected chi connectivity index (χ0v) is 18.4. The van der Waals surface area contributed by atoms with Crippen LogP contribution in [0, 0.1) is 10.1 Å². The lowest BCUT2D eigenvalue weighted by atomic mass is 10.2. The standard InChI is InChI=1S/C21H20N4O7S/c1-31-17-9-6-15(7-10-17)24-33(29,30)20-12-16(25(27)28)8-11-18(20)23-22-13-14-4-3-5-19(32-2)21(14)26/h3-13,23-24,26H,1-2H3/b22-13+. The van der Waals surface area contributed by atoms with Crippen molar-refractivity contribution in [2.24, 2.45) is 5.10 Å². The second kappa shape index (κ2) is 9.87. The first-order chi connectivity index (χ1) is 15.7. The third kappa shape index (κ3) is 5.49. The maximum absolute atomic E-state index is 13.0. The van der Waals surface area contributed by atoms with Gasteiger partial charge in [0.25, 0.3) is 15.7 Å². The maximum atomic E-state index is 13.0. The summed E-state index contributed by atoms with van der Waals surface area (Å²) < 4.78 is 38.5. The van der Waals surface area contributed by atoms with E-state index in [4.69, 9.17) is 9.47 Å². The molecule has 0 atom stereocenters. The number of nitro groups is 1. The van der Waals surface area contributed by atoms with Crippen molar-refractivity contribution >= 4 is 33.3 Å². The molecule has 3 rings (SSSR count). The number of methoxy groups -OCH3 is 2. The van der Waals surface area contributed by atoms with E-state index in [0.29, 0.717) is 11.3 Å². The van der Waals surface area contributed by atoms with Crippen molar-refractivity contribution in [3.05, 3.63) is 76.3 Å². The van der Waals surface area contributed by atoms with Gasteiger partial charge in [-0.25, -0.2) is 8.42 Å². The van der Waals surface area contributed by atoms with Crippen LogP contribution in [0.4, 0.5) is 17.1 Å². The van der Waals surface area contributed by atoms with E-state index in [9.17, 15) is 23.6 Å². The molecule has 3 N–H and O–H groups in total. The molecule has 0 spiro atoms. The van der Waals surface area contributed by atoms with Crippen LogP contribution in [-0.4, -0.2) is 38.9 Å². The average Bonchev–Trinajstić information content (AvgIpc) is 2.80. The number of phenolic OH excluding ortho intramolecular Hbond substituents is 1. The summed E-state index contributed by atoms with van der Waals surface area (Å²) in [4.78, 5) is 10.1. The first kappa shape index (κ1) is 23.3. The maximum Gasteiger partial charge on any atom is 0.270 e. The van der Waals surface area contributed by atoms with Crippen LogP contribution in [0.3, 0.4) is 0 Å². The van der Waals surface area contributed by atoms with Crippen LogP contribution in [0.1, 0.15) is 5.56 Å². The molecule has 0 aromatic heterocycles. The van der Waals surface area contributed by atoms with Gasteiger partial charge in [-0.05, 0) is 42.5 Å². The predicted molar refractivity (Wildman–Crippen MR) is 123 cm³/mol. The molecule has 0 fully saturated rings. The largest absolute Gasteiger partial charge is 0.504 e. The Labute approximate surface area is 189 Å². The van der Waals surface area contributed by atoms with Crippen molar-refractivity contribution in [2.45, 2.75) is 4.90 Å². The molecular formula is C21H20N4O7S. The fourth-order valence-electron chi connectivity index (χ4n) is 2.79. The fraction of sp³-hybridized carbons (Fsp3) is 0.0952. The van der Waals surface area contributed by atoms with Gasteiger partial charge in [-0.15, -0.1) is 0 Å². The number of rotatable bonds is 9. The minimum atomic E-state index is -4.23. The highest BCUT2D eigenvalue weighted by Gasteiger charge is 2.23. The first-order valence-corrected chi connectivity index (χ1v) is 10.8. The van der Waals surface area contributed by atoms with E-state index in [2.05, 4.69) is 15.2 Å². The highest BCUT2D eigenvalue weighted by atomic mass is 32.2. The molecule has 33 heavy (non-hydrogen) atoms. The summed E-state index contributed by atoms with van der Waals surface area (Å²) >= 11 is 0. The number of nitrogens with zero attached hydrogens (tertiary/aromatic N) is 2. The van der Waals surface area contributed by atoms with E-state index in [0.717, 1.165) is 12.1 Å². The Balaban J connectivity index is 1.93. The topological polar surface area (TPSA) is 152 Å². The summed E-state index contributed by atoms with van der Waals surface area (Å²) in [6, 6.07) is 14.2. The van der Waals surface area contributed by atoms with Gasteiger partial charge in [0.1, 0.15) is 10.6 Å². The highest BCUT2D eigenvalue weighted by Crippen LogP contribution is 2.30. The Morgan fingerprint density at radius 3 is 2.42 bits per heavy atom. The Kier molecular flexibility index (Phi) is 6.98. The van der Waals surface area contributed by atoms with Crippen LogP contribution in [-0.2, 0) is 10.0 Å². The number of sulfonamides is 1. The number of benzene rings is 3. The molecule has 11 nitrogen and oxygen atoms in total. The minimum Gasteiger partial charge on any atom is -0.504 e. The summed E-state index contributed by atoms with van der Waals surface area (Å²) in [6.07, 6.45) is 1.26. The first-order valence-electron chi connectivity index (χ1n) is 9.35. The smallest absolute Gasteiger partial charge is 0.270 e. The molecule has 0 aliphatic heterocycles. The normalized spacial score (nSPS) is 11.2. The molecule has 3 aromatic rings. The number of ether oxygens (including phenoxy) is 2. The SMILES string of the molecule is COc1ccc(NS(=O)(=O)c2cc([N+](=O)[O-])ccc2N/N=C/c2cccc(OC)c2O)cc1. The number of hydrazone groups is 1. The number of hydrogen-bond acceptors (Lipinski definition) is 9. The summed E-state index contributed by atoms with van der Waals surface area (Å²) in [5, 5.41) is 25.3. The quantitative estimate of drug-likeness (QED) is 0.243. The highest BCUT2D eigenvalue weighted by molar-refractivity contribution is 7.92. The molecule has 0 saturated carbocycles. The van der Waals surface area contributed by atoms with E-state index in [-0.39, 0.29) is 27.8 Å². The van der Waals surface area contributed by atoms with Crippen LogP contribution in [0.5, 0.6) is 17.2 Å². The van der Waals surface area contributed by atoms with E-state index < -0.39 is 20.6 Å². The molecule has 0 saturated heterocycles. The zero-order valence-electron chi connectivity index (χ0n) is 17.6. The van der Waals surface area contributed by atoms with Gasteiger partial charge in [-0.1, -0.05) is 6.07 Å². The molecule has 172 valence electrons. The number of para-hydroxylation sites is 1. The molecule has 3 aromatic carbocycles. The number of nitro benzene ring substituents is 1. The Bertz CT molecular complexity index is 1290. The van der Waals surface area contributed by atoms with E-state index in [1.807, 2.05) is 0 Å². The lowest BCUT2D eigenvalue weighted by Crippen LogP contribution is -2.15. The van der Waals surface area contributed by atoms with Crippen molar-refractivity contribution in [3.8, 4) is 17.2 Å². The predicted octanol–water partition coefficient (Wildman–Crippen LogP) is 3.56. The van der Waals surface area contributed by atoms with E-state index in [1.165, 1.54) is 38.6 Å². The molecule has 0 unspecified atom stereocenters. The second-order valence-electron chi connectivity index (χ2n) is 6.54. The van der Waals surface area contributed by atoms with Crippen molar-refractivity contribution < 1.29 is 27.9 Å². The van der Waals surface area contributed by atoms with Gasteiger partial charge >= 0.3 is 0 Å². The number of phenols is 1. The van der Waals surface area contributed by atoms with Crippen molar-refractivity contribution in [1.29, 1.82) is 0 Å². The number of aromatic hydroxyl groups is 1. The average molecular weight is 472 g/mol. The van der Waals surface area contributed by atoms with Crippen LogP contribution in [0.15, 0.2) is 70.7 Å². The van der Waals surface area contributed by atoms with Gasteiger partial charge in [0.2, 0.25) is 0 Å². The second-order valence-corrected chi connectivity index (χ2v) is 8.19. The molecular weight excluding hydrogens is 452 g/mol. The number of non-ortho nitro benzene ring substituents is 1. The molecule has 0 radical (unpaired) electrons. The number of anilines is 2.